The van der Waals surface area contributed by atoms with Gasteiger partial charge in [-0.3, -0.25) is 0 Å². The minimum Gasteiger partial charge on any atom is -0.376 e. The largest absolute Gasteiger partial charge is 0.376 e. The molecule has 0 saturated heterocycles. The van der Waals surface area contributed by atoms with Gasteiger partial charge in [-0.05, 0) is 41.3 Å². The highest BCUT2D eigenvalue weighted by Gasteiger charge is 2.21. The fourth-order valence-electron chi connectivity index (χ4n) is 2.66. The topological polar surface area (TPSA) is 77.2 Å². The molecule has 0 aliphatic heterocycles. The second kappa shape index (κ2) is 6.13. The molecule has 1 N–H and O–H groups in total. The lowest BCUT2D eigenvalue weighted by Crippen LogP contribution is -2.27. The molecule has 0 aromatic carbocycles. The number of aromatic nitrogens is 5. The highest BCUT2D eigenvalue weighted by atomic mass is 16.5. The molecule has 0 spiro atoms. The van der Waals surface area contributed by atoms with Gasteiger partial charge in [-0.25, -0.2) is 0 Å². The molecule has 108 valence electrons. The number of hydrogen-bond acceptors (Lipinski definition) is 6. The maximum Gasteiger partial charge on any atom is 0.200 e. The molecule has 0 amide bonds. The Kier molecular flexibility index (Phi) is 4.05. The summed E-state index contributed by atoms with van der Waals surface area (Å²) in [7, 11) is 0. The van der Waals surface area contributed by atoms with Gasteiger partial charge in [-0.1, -0.05) is 19.8 Å². The minimum atomic E-state index is 0.417. The van der Waals surface area contributed by atoms with Crippen molar-refractivity contribution in [3.63, 3.8) is 0 Å². The molecule has 7 nitrogen and oxygen atoms in total. The van der Waals surface area contributed by atoms with Crippen LogP contribution in [0.4, 0.5) is 5.82 Å². The summed E-state index contributed by atoms with van der Waals surface area (Å²) in [6, 6.07) is 3.70. The van der Waals surface area contributed by atoms with E-state index in [-0.39, 0.29) is 0 Å². The van der Waals surface area contributed by atoms with Crippen molar-refractivity contribution in [3.8, 4) is 0 Å². The van der Waals surface area contributed by atoms with E-state index in [0.29, 0.717) is 24.3 Å². The number of hydrogen-bond donors (Lipinski definition) is 1. The molecule has 1 aliphatic carbocycles. The molecule has 0 radical (unpaired) electrons. The molecule has 2 heterocycles. The summed E-state index contributed by atoms with van der Waals surface area (Å²) in [5, 5.41) is 18.6. The molecule has 7 heteroatoms. The van der Waals surface area contributed by atoms with Crippen molar-refractivity contribution in [1.29, 1.82) is 0 Å². The molecular formula is C13H20N6O. The summed E-state index contributed by atoms with van der Waals surface area (Å²) in [6.45, 7) is 3.72. The van der Waals surface area contributed by atoms with Gasteiger partial charge < -0.3 is 10.1 Å². The van der Waals surface area contributed by atoms with E-state index in [2.05, 4.69) is 32.9 Å². The van der Waals surface area contributed by atoms with Crippen LogP contribution in [0.3, 0.4) is 0 Å². The van der Waals surface area contributed by atoms with E-state index in [1.54, 1.807) is 0 Å². The molecule has 0 unspecified atom stereocenters. The molecule has 1 aliphatic rings. The van der Waals surface area contributed by atoms with Crippen LogP contribution in [0, 0.1) is 5.92 Å². The number of nitrogens with zero attached hydrogens (tertiary/aromatic N) is 5. The van der Waals surface area contributed by atoms with Crippen LogP contribution in [-0.4, -0.2) is 44.5 Å². The lowest BCUT2D eigenvalue weighted by Gasteiger charge is -2.28. The van der Waals surface area contributed by atoms with Crippen LogP contribution in [0.15, 0.2) is 12.1 Å². The van der Waals surface area contributed by atoms with Gasteiger partial charge in [0, 0.05) is 6.54 Å². The van der Waals surface area contributed by atoms with E-state index >= 15 is 0 Å². The average Bonchev–Trinajstić information content (AvgIpc) is 2.93. The smallest absolute Gasteiger partial charge is 0.200 e. The van der Waals surface area contributed by atoms with Crippen molar-refractivity contribution in [3.05, 3.63) is 12.1 Å². The maximum absolute atomic E-state index is 5.95. The van der Waals surface area contributed by atoms with E-state index in [4.69, 9.17) is 4.74 Å². The van der Waals surface area contributed by atoms with Crippen LogP contribution < -0.4 is 5.32 Å². The molecule has 1 saturated carbocycles. The first-order valence-corrected chi connectivity index (χ1v) is 7.24. The first-order chi connectivity index (χ1) is 9.83. The van der Waals surface area contributed by atoms with Crippen LogP contribution in [0.2, 0.25) is 0 Å². The fourth-order valence-corrected chi connectivity index (χ4v) is 2.66. The van der Waals surface area contributed by atoms with Crippen molar-refractivity contribution in [1.82, 2.24) is 25.3 Å². The Labute approximate surface area is 117 Å². The third-order valence-corrected chi connectivity index (χ3v) is 3.84. The summed E-state index contributed by atoms with van der Waals surface area (Å²) in [4.78, 5) is 0. The van der Waals surface area contributed by atoms with E-state index in [1.165, 1.54) is 30.3 Å². The van der Waals surface area contributed by atoms with Crippen molar-refractivity contribution < 1.29 is 4.74 Å². The number of nitrogens with one attached hydrogen (secondary N) is 1. The number of tetrazole rings is 1. The lowest BCUT2D eigenvalue weighted by atomic mass is 9.88. The summed E-state index contributed by atoms with van der Waals surface area (Å²) in [5.74, 6) is 1.43. The fraction of sp³-hybridized carbons (Fsp3) is 0.692. The van der Waals surface area contributed by atoms with Gasteiger partial charge in [0.15, 0.2) is 5.65 Å². The Bertz CT molecular complexity index is 557. The van der Waals surface area contributed by atoms with Gasteiger partial charge in [0.05, 0.1) is 12.7 Å². The SMILES string of the molecule is C[C@@H]1CCCC[C@@H]1OCCNc1ccc2nnnn2n1. The van der Waals surface area contributed by atoms with Crippen molar-refractivity contribution in [2.24, 2.45) is 5.92 Å². The summed E-state index contributed by atoms with van der Waals surface area (Å²) in [6.07, 6.45) is 5.53. The predicted octanol–water partition coefficient (Wildman–Crippen LogP) is 1.53. The van der Waals surface area contributed by atoms with Crippen molar-refractivity contribution >= 4 is 11.5 Å². The maximum atomic E-state index is 5.95. The predicted molar refractivity (Wildman–Crippen MR) is 74.4 cm³/mol. The molecule has 20 heavy (non-hydrogen) atoms. The van der Waals surface area contributed by atoms with Crippen molar-refractivity contribution in [2.45, 2.75) is 38.7 Å². The summed E-state index contributed by atoms with van der Waals surface area (Å²) >= 11 is 0. The van der Waals surface area contributed by atoms with Crippen LogP contribution in [0.5, 0.6) is 0 Å². The van der Waals surface area contributed by atoms with Gasteiger partial charge in [0.1, 0.15) is 5.82 Å². The zero-order valence-electron chi connectivity index (χ0n) is 11.7. The van der Waals surface area contributed by atoms with Gasteiger partial charge in [0.2, 0.25) is 0 Å². The average molecular weight is 276 g/mol. The Balaban J connectivity index is 1.45. The zero-order valence-corrected chi connectivity index (χ0v) is 11.7. The second-order valence-electron chi connectivity index (χ2n) is 5.34. The van der Waals surface area contributed by atoms with Gasteiger partial charge in [-0.2, -0.15) is 0 Å². The number of anilines is 1. The Hall–Kier alpha value is -1.76. The van der Waals surface area contributed by atoms with Gasteiger partial charge in [-0.15, -0.1) is 14.8 Å². The van der Waals surface area contributed by atoms with Crippen LogP contribution in [-0.2, 0) is 4.74 Å². The third-order valence-electron chi connectivity index (χ3n) is 3.84. The van der Waals surface area contributed by atoms with Crippen LogP contribution >= 0.6 is 0 Å². The molecule has 3 rings (SSSR count). The van der Waals surface area contributed by atoms with Gasteiger partial charge in [0.25, 0.3) is 0 Å². The standard InChI is InChI=1S/C13H20N6O/c1-10-4-2-3-5-11(10)20-9-8-14-12-6-7-13-15-17-18-19(13)16-12/h6-7,10-11H,2-5,8-9H2,1H3,(H,14,16)/t10-,11+/m1/s1. The highest BCUT2D eigenvalue weighted by Crippen LogP contribution is 2.26. The molecule has 0 bridgehead atoms. The van der Waals surface area contributed by atoms with E-state index in [9.17, 15) is 0 Å². The van der Waals surface area contributed by atoms with E-state index in [0.717, 1.165) is 12.4 Å². The van der Waals surface area contributed by atoms with Crippen molar-refractivity contribution in [2.75, 3.05) is 18.5 Å². The Morgan fingerprint density at radius 1 is 1.35 bits per heavy atom. The monoisotopic (exact) mass is 276 g/mol. The van der Waals surface area contributed by atoms with Crippen LogP contribution in [0.25, 0.3) is 5.65 Å². The molecule has 2 aromatic rings. The summed E-state index contributed by atoms with van der Waals surface area (Å²) in [5.41, 5.74) is 0.642. The number of fused-ring (bicyclic) bond motifs is 1. The first-order valence-electron chi connectivity index (χ1n) is 7.24. The van der Waals surface area contributed by atoms with E-state index in [1.807, 2.05) is 12.1 Å². The second-order valence-corrected chi connectivity index (χ2v) is 5.34. The van der Waals surface area contributed by atoms with Crippen LogP contribution in [0.1, 0.15) is 32.6 Å². The lowest BCUT2D eigenvalue weighted by molar-refractivity contribution is 0.000367. The quantitative estimate of drug-likeness (QED) is 0.834. The molecule has 2 atom stereocenters. The Morgan fingerprint density at radius 3 is 3.15 bits per heavy atom. The Morgan fingerprint density at radius 2 is 2.25 bits per heavy atom. The highest BCUT2D eigenvalue weighted by molar-refractivity contribution is 5.41. The molecule has 2 aromatic heterocycles. The third kappa shape index (κ3) is 3.04. The van der Waals surface area contributed by atoms with E-state index < -0.39 is 0 Å². The zero-order chi connectivity index (χ0) is 13.8. The van der Waals surface area contributed by atoms with Gasteiger partial charge >= 0.3 is 0 Å². The normalized spacial score (nSPS) is 23.1. The number of ether oxygens (including phenoxy) is 1. The minimum absolute atomic E-state index is 0.417. The molecule has 1 fully saturated rings. The summed E-state index contributed by atoms with van der Waals surface area (Å²) < 4.78 is 7.36. The first kappa shape index (κ1) is 13.2. The number of rotatable bonds is 5. The molecular weight excluding hydrogens is 256 g/mol.